The highest BCUT2D eigenvalue weighted by Gasteiger charge is 2.42. The lowest BCUT2D eigenvalue weighted by Gasteiger charge is -2.32. The number of aliphatic carboxylic acids is 3. The molecule has 22 N–H and O–H groups in total. The maximum atomic E-state index is 14.4. The first-order valence-electron chi connectivity index (χ1n) is 27.3. The predicted octanol–water partition coefficient (Wildman–Crippen LogP) is -3.34. The summed E-state index contributed by atoms with van der Waals surface area (Å²) in [5.41, 5.74) is 33.9. The van der Waals surface area contributed by atoms with Crippen LogP contribution in [0, 0.1) is 11.8 Å². The third-order valence-electron chi connectivity index (χ3n) is 13.3. The number of carboxylic acids is 3. The second kappa shape index (κ2) is 38.0. The lowest BCUT2D eigenvalue weighted by atomic mass is 9.96. The van der Waals surface area contributed by atoms with Gasteiger partial charge in [-0.1, -0.05) is 34.1 Å². The van der Waals surface area contributed by atoms with E-state index in [0.29, 0.717) is 51.5 Å². The van der Waals surface area contributed by atoms with Gasteiger partial charge in [-0.2, -0.15) is 0 Å². The number of nitrogens with zero attached hydrogens (tertiary/aromatic N) is 2. The van der Waals surface area contributed by atoms with Gasteiger partial charge in [0.2, 0.25) is 47.3 Å². The molecule has 0 saturated carbocycles. The minimum absolute atomic E-state index is 0.0241. The third-order valence-corrected chi connectivity index (χ3v) is 13.3. The maximum Gasteiger partial charge on any atom is 0.326 e. The van der Waals surface area contributed by atoms with Crippen molar-refractivity contribution in [2.24, 2.45) is 51.2 Å². The van der Waals surface area contributed by atoms with Gasteiger partial charge in [-0.25, -0.2) is 4.79 Å². The van der Waals surface area contributed by atoms with Crippen molar-refractivity contribution in [3.05, 3.63) is 0 Å². The predicted molar refractivity (Wildman–Crippen MR) is 291 cm³/mol. The van der Waals surface area contributed by atoms with Gasteiger partial charge in [-0.05, 0) is 128 Å². The highest BCUT2D eigenvalue weighted by molar-refractivity contribution is 5.99. The van der Waals surface area contributed by atoms with E-state index >= 15 is 0 Å². The minimum atomic E-state index is -1.76. The van der Waals surface area contributed by atoms with E-state index in [0.717, 1.165) is 4.90 Å². The molecule has 29 nitrogen and oxygen atoms in total. The van der Waals surface area contributed by atoms with Crippen molar-refractivity contribution in [3.8, 4) is 0 Å². The molecular weight excluding hydrogens is 1030 g/mol. The molecule has 1 heterocycles. The van der Waals surface area contributed by atoms with Crippen LogP contribution in [0.15, 0.2) is 4.99 Å². The Labute approximate surface area is 461 Å². The molecule has 0 aromatic carbocycles. The fraction of sp³-hybridized carbons (Fsp3) is 0.760. The van der Waals surface area contributed by atoms with Gasteiger partial charge in [0, 0.05) is 19.5 Å². The van der Waals surface area contributed by atoms with E-state index in [9.17, 15) is 63.0 Å². The average molecular weight is 1130 g/mol. The van der Waals surface area contributed by atoms with Gasteiger partial charge in [-0.3, -0.25) is 52.9 Å². The molecule has 10 atom stereocenters. The molecule has 8 amide bonds. The van der Waals surface area contributed by atoms with E-state index in [1.54, 1.807) is 27.7 Å². The SMILES string of the molecule is CC[C@H](C)[C@H](NC(=O)[C@@H]1CCCN1C(=O)[C@H](CC(=O)O)NC(=O)[C@H](CCCCN)NC(=O)[C@H](CC(C)C)NC(=O)[C@@H](N)CCC(=O)O)C(=O)N[C@@H](CCCN=C(N)N)C(=O)N[C@@H](CCCCN)C(=O)N[C@@H](CCCCN)C(=O)O. The zero-order valence-electron chi connectivity index (χ0n) is 46.3. The number of hydrogen-bond acceptors (Lipinski definition) is 16. The van der Waals surface area contributed by atoms with Crippen LogP contribution in [0.5, 0.6) is 0 Å². The van der Waals surface area contributed by atoms with Crippen LogP contribution in [-0.4, -0.2) is 178 Å². The van der Waals surface area contributed by atoms with E-state index in [1.165, 1.54) is 0 Å². The van der Waals surface area contributed by atoms with Gasteiger partial charge >= 0.3 is 17.9 Å². The van der Waals surface area contributed by atoms with Gasteiger partial charge in [-0.15, -0.1) is 0 Å². The van der Waals surface area contributed by atoms with Crippen molar-refractivity contribution in [3.63, 3.8) is 0 Å². The Bertz CT molecular complexity index is 2040. The number of hydrogen-bond donors (Lipinski definition) is 16. The first kappa shape index (κ1) is 70.3. The average Bonchev–Trinajstić information content (AvgIpc) is 3.88. The maximum absolute atomic E-state index is 14.4. The van der Waals surface area contributed by atoms with Gasteiger partial charge < -0.3 is 91.8 Å². The zero-order chi connectivity index (χ0) is 59.8. The lowest BCUT2D eigenvalue weighted by molar-refractivity contribution is -0.146. The second-order valence-corrected chi connectivity index (χ2v) is 20.3. The fourth-order valence-electron chi connectivity index (χ4n) is 8.62. The number of carbonyl (C=O) groups is 11. The Balaban J connectivity index is 3.52. The number of aliphatic imine (C=N–C) groups is 1. The highest BCUT2D eigenvalue weighted by atomic mass is 16.4. The summed E-state index contributed by atoms with van der Waals surface area (Å²) in [6.07, 6.45) is 1.90. The third kappa shape index (κ3) is 27.1. The number of unbranched alkanes of at least 4 members (excludes halogenated alkanes) is 3. The van der Waals surface area contributed by atoms with Crippen molar-refractivity contribution in [2.45, 2.75) is 198 Å². The number of carbonyl (C=O) groups excluding carboxylic acids is 8. The van der Waals surface area contributed by atoms with Crippen LogP contribution >= 0.6 is 0 Å². The van der Waals surface area contributed by atoms with E-state index in [-0.39, 0.29) is 95.8 Å². The van der Waals surface area contributed by atoms with Crippen molar-refractivity contribution in [2.75, 3.05) is 32.7 Å². The molecule has 1 aliphatic rings. The van der Waals surface area contributed by atoms with Gasteiger partial charge in [0.25, 0.3) is 0 Å². The molecule has 0 bridgehead atoms. The van der Waals surface area contributed by atoms with Gasteiger partial charge in [0.1, 0.15) is 48.3 Å². The fourth-order valence-corrected chi connectivity index (χ4v) is 8.62. The van der Waals surface area contributed by atoms with Crippen LogP contribution < -0.4 is 71.6 Å². The Hall–Kier alpha value is -6.72. The van der Waals surface area contributed by atoms with Crippen LogP contribution in [0.4, 0.5) is 0 Å². The Morgan fingerprint density at radius 1 is 0.570 bits per heavy atom. The topological polar surface area (TPSA) is 504 Å². The monoisotopic (exact) mass is 1130 g/mol. The Kier molecular flexibility index (Phi) is 33.8. The number of nitrogens with one attached hydrogen (secondary N) is 7. The summed E-state index contributed by atoms with van der Waals surface area (Å²) < 4.78 is 0. The second-order valence-electron chi connectivity index (χ2n) is 20.3. The summed E-state index contributed by atoms with van der Waals surface area (Å²) in [5, 5.41) is 46.9. The molecule has 0 aromatic rings. The molecule has 79 heavy (non-hydrogen) atoms. The lowest BCUT2D eigenvalue weighted by Crippen LogP contribution is -2.61. The summed E-state index contributed by atoms with van der Waals surface area (Å²) in [4.78, 5) is 152. The van der Waals surface area contributed by atoms with Crippen molar-refractivity contribution in [1.29, 1.82) is 0 Å². The first-order chi connectivity index (χ1) is 37.3. The summed E-state index contributed by atoms with van der Waals surface area (Å²) in [7, 11) is 0. The van der Waals surface area contributed by atoms with E-state index < -0.39 is 138 Å². The van der Waals surface area contributed by atoms with Crippen molar-refractivity contribution >= 4 is 71.1 Å². The molecule has 1 fully saturated rings. The molecular formula is C50H91N15O14. The van der Waals surface area contributed by atoms with Gasteiger partial charge in [0.05, 0.1) is 12.5 Å². The number of likely N-dealkylation sites (tertiary alicyclic amines) is 1. The Morgan fingerprint density at radius 3 is 1.48 bits per heavy atom. The van der Waals surface area contributed by atoms with Crippen LogP contribution in [0.1, 0.15) is 143 Å². The van der Waals surface area contributed by atoms with Gasteiger partial charge in [0.15, 0.2) is 5.96 Å². The Morgan fingerprint density at radius 2 is 1.03 bits per heavy atom. The zero-order valence-corrected chi connectivity index (χ0v) is 46.3. The van der Waals surface area contributed by atoms with E-state index in [1.807, 2.05) is 0 Å². The largest absolute Gasteiger partial charge is 0.481 e. The molecule has 29 heteroatoms. The normalized spacial score (nSPS) is 16.5. The molecule has 1 aliphatic heterocycles. The quantitative estimate of drug-likeness (QED) is 0.0162. The molecule has 450 valence electrons. The summed E-state index contributed by atoms with van der Waals surface area (Å²) in [6.45, 7) is 7.77. The molecule has 1 saturated heterocycles. The smallest absolute Gasteiger partial charge is 0.326 e. The van der Waals surface area contributed by atoms with Crippen molar-refractivity contribution in [1.82, 2.24) is 42.1 Å². The first-order valence-corrected chi connectivity index (χ1v) is 27.3. The molecule has 0 aromatic heterocycles. The molecule has 0 aliphatic carbocycles. The number of guanidine groups is 1. The number of nitrogens with two attached hydrogens (primary N) is 6. The summed E-state index contributed by atoms with van der Waals surface area (Å²) in [6, 6.07) is -12.1. The van der Waals surface area contributed by atoms with E-state index in [2.05, 4.69) is 42.2 Å². The van der Waals surface area contributed by atoms with Crippen molar-refractivity contribution < 1.29 is 68.1 Å². The van der Waals surface area contributed by atoms with Crippen LogP contribution in [0.25, 0.3) is 0 Å². The molecule has 0 radical (unpaired) electrons. The van der Waals surface area contributed by atoms with Crippen LogP contribution in [0.2, 0.25) is 0 Å². The van der Waals surface area contributed by atoms with Crippen LogP contribution in [-0.2, 0) is 52.7 Å². The highest BCUT2D eigenvalue weighted by Crippen LogP contribution is 2.21. The molecule has 1 rings (SSSR count). The standard InChI is InChI=1S/C50H91N15O14/c1-5-29(4)40(47(76)60-33(17-12-24-57-50(55)56)42(71)58-31(14-6-9-21-51)43(72)61-34(49(78)79)16-8-11-23-53)64-46(75)37-18-13-25-65(37)48(77)36(27-39(68)69)63-44(73)32(15-7-10-22-52)59-45(74)35(26-28(2)3)62-41(70)30(54)19-20-38(66)67/h28-37,40H,5-27,51-54H2,1-4H3,(H,58,71)(H,59,74)(H,60,76)(H,61,72)(H,62,70)(H,63,73)(H,64,75)(H,66,67)(H,68,69)(H,78,79)(H4,55,56,57)/t29-,30-,31-,32-,33-,34-,35-,36-,37-,40-/m0/s1. The van der Waals surface area contributed by atoms with E-state index in [4.69, 9.17) is 39.5 Å². The molecule has 0 spiro atoms. The number of carboxylic acid groups (broad SMARTS) is 3. The van der Waals surface area contributed by atoms with Crippen LogP contribution in [0.3, 0.4) is 0 Å². The summed E-state index contributed by atoms with van der Waals surface area (Å²) in [5.74, 6) is -11.6. The number of rotatable bonds is 41. The summed E-state index contributed by atoms with van der Waals surface area (Å²) >= 11 is 0. The minimum Gasteiger partial charge on any atom is -0.481 e. The molecule has 0 unspecified atom stereocenters. The number of amides is 8.